The van der Waals surface area contributed by atoms with Gasteiger partial charge in [0.2, 0.25) is 5.91 Å². The van der Waals surface area contributed by atoms with E-state index in [1.807, 2.05) is 0 Å². The predicted molar refractivity (Wildman–Crippen MR) is 67.0 cm³/mol. The number of carboxylic acid groups (broad SMARTS) is 1. The zero-order valence-corrected chi connectivity index (χ0v) is 10.8. The first-order valence-electron chi connectivity index (χ1n) is 6.45. The third-order valence-electron chi connectivity index (χ3n) is 3.45. The predicted octanol–water partition coefficient (Wildman–Crippen LogP) is 1.97. The van der Waals surface area contributed by atoms with Gasteiger partial charge in [0.1, 0.15) is 6.04 Å². The van der Waals surface area contributed by atoms with Gasteiger partial charge >= 0.3 is 5.97 Å². The molecule has 2 rings (SSSR count). The molecule has 1 N–H and O–H groups in total. The maximum absolute atomic E-state index is 13.1. The molecule has 1 aromatic carbocycles. The molecule has 0 aromatic heterocycles. The molecule has 1 aliphatic heterocycles. The molecule has 1 amide bonds. The van der Waals surface area contributed by atoms with E-state index in [1.165, 1.54) is 11.0 Å². The summed E-state index contributed by atoms with van der Waals surface area (Å²) >= 11 is 0. The summed E-state index contributed by atoms with van der Waals surface area (Å²) in [7, 11) is 0. The highest BCUT2D eigenvalue weighted by Gasteiger charge is 2.31. The molecule has 1 atom stereocenters. The molecule has 0 bridgehead atoms. The average Bonchev–Trinajstić information content (AvgIpc) is 2.43. The van der Waals surface area contributed by atoms with Crippen molar-refractivity contribution < 1.29 is 23.5 Å². The number of rotatable bonds is 3. The highest BCUT2D eigenvalue weighted by atomic mass is 19.2. The standard InChI is InChI=1S/C14H15F2NO3/c15-10-5-4-9(7-11(10)16)8-13(18)17-6-2-1-3-12(17)14(19)20/h4-5,7,12H,1-3,6,8H2,(H,19,20)/t12-/m0/s1. The highest BCUT2D eigenvalue weighted by Crippen LogP contribution is 2.19. The normalized spacial score (nSPS) is 18.9. The number of hydrogen-bond donors (Lipinski definition) is 1. The minimum Gasteiger partial charge on any atom is -0.480 e. The molecule has 4 nitrogen and oxygen atoms in total. The van der Waals surface area contributed by atoms with Crippen molar-refractivity contribution >= 4 is 11.9 Å². The number of halogens is 2. The van der Waals surface area contributed by atoms with Gasteiger partial charge in [-0.05, 0) is 37.0 Å². The lowest BCUT2D eigenvalue weighted by Gasteiger charge is -2.33. The number of carbonyl (C=O) groups is 2. The van der Waals surface area contributed by atoms with Crippen LogP contribution in [-0.4, -0.2) is 34.5 Å². The second kappa shape index (κ2) is 5.98. The fraction of sp³-hybridized carbons (Fsp3) is 0.429. The molecule has 0 radical (unpaired) electrons. The molecule has 0 aliphatic carbocycles. The van der Waals surface area contributed by atoms with Gasteiger partial charge < -0.3 is 10.0 Å². The van der Waals surface area contributed by atoms with Crippen LogP contribution in [0.5, 0.6) is 0 Å². The zero-order valence-electron chi connectivity index (χ0n) is 10.8. The van der Waals surface area contributed by atoms with Gasteiger partial charge in [-0.25, -0.2) is 13.6 Å². The summed E-state index contributed by atoms with van der Waals surface area (Å²) in [5, 5.41) is 9.10. The Morgan fingerprint density at radius 2 is 2.00 bits per heavy atom. The second-order valence-electron chi connectivity index (χ2n) is 4.86. The minimum absolute atomic E-state index is 0.124. The monoisotopic (exact) mass is 283 g/mol. The van der Waals surface area contributed by atoms with Gasteiger partial charge in [-0.2, -0.15) is 0 Å². The van der Waals surface area contributed by atoms with Gasteiger partial charge in [-0.1, -0.05) is 6.07 Å². The van der Waals surface area contributed by atoms with Crippen LogP contribution in [0.25, 0.3) is 0 Å². The number of amides is 1. The van der Waals surface area contributed by atoms with Gasteiger partial charge in [0.15, 0.2) is 11.6 Å². The topological polar surface area (TPSA) is 57.6 Å². The number of nitrogens with zero attached hydrogens (tertiary/aromatic N) is 1. The lowest BCUT2D eigenvalue weighted by Crippen LogP contribution is -2.48. The third kappa shape index (κ3) is 3.12. The van der Waals surface area contributed by atoms with Crippen molar-refractivity contribution in [3.8, 4) is 0 Å². The Labute approximate surface area is 115 Å². The summed E-state index contributed by atoms with van der Waals surface area (Å²) < 4.78 is 25.9. The smallest absolute Gasteiger partial charge is 0.326 e. The average molecular weight is 283 g/mol. The van der Waals surface area contributed by atoms with Crippen LogP contribution in [0, 0.1) is 11.6 Å². The molecule has 1 aromatic rings. The van der Waals surface area contributed by atoms with Crippen molar-refractivity contribution in [2.45, 2.75) is 31.7 Å². The molecular weight excluding hydrogens is 268 g/mol. The van der Waals surface area contributed by atoms with Crippen LogP contribution in [-0.2, 0) is 16.0 Å². The molecule has 1 fully saturated rings. The molecule has 0 spiro atoms. The van der Waals surface area contributed by atoms with Gasteiger partial charge in [0, 0.05) is 6.54 Å². The van der Waals surface area contributed by atoms with Crippen molar-refractivity contribution in [1.82, 2.24) is 4.90 Å². The Hall–Kier alpha value is -1.98. The van der Waals surface area contributed by atoms with E-state index in [4.69, 9.17) is 5.11 Å². The molecule has 1 heterocycles. The van der Waals surface area contributed by atoms with Crippen molar-refractivity contribution in [2.24, 2.45) is 0 Å². The zero-order chi connectivity index (χ0) is 14.7. The van der Waals surface area contributed by atoms with Crippen molar-refractivity contribution in [3.63, 3.8) is 0 Å². The van der Waals surface area contributed by atoms with Gasteiger partial charge in [0.25, 0.3) is 0 Å². The van der Waals surface area contributed by atoms with Gasteiger partial charge in [-0.3, -0.25) is 4.79 Å². The Kier molecular flexibility index (Phi) is 4.32. The molecule has 1 saturated heterocycles. The number of piperidine rings is 1. The van der Waals surface area contributed by atoms with E-state index in [0.717, 1.165) is 25.0 Å². The molecule has 20 heavy (non-hydrogen) atoms. The second-order valence-corrected chi connectivity index (χ2v) is 4.86. The van der Waals surface area contributed by atoms with Crippen molar-refractivity contribution in [1.29, 1.82) is 0 Å². The quantitative estimate of drug-likeness (QED) is 0.922. The third-order valence-corrected chi connectivity index (χ3v) is 3.45. The van der Waals surface area contributed by atoms with E-state index < -0.39 is 23.6 Å². The number of likely N-dealkylation sites (tertiary alicyclic amines) is 1. The first kappa shape index (κ1) is 14.4. The van der Waals surface area contributed by atoms with Crippen LogP contribution < -0.4 is 0 Å². The summed E-state index contributed by atoms with van der Waals surface area (Å²) in [6.07, 6.45) is 1.83. The maximum atomic E-state index is 13.1. The van der Waals surface area contributed by atoms with Crippen LogP contribution in [0.3, 0.4) is 0 Å². The van der Waals surface area contributed by atoms with Crippen LogP contribution in [0.4, 0.5) is 8.78 Å². The van der Waals surface area contributed by atoms with Crippen LogP contribution in [0.1, 0.15) is 24.8 Å². The number of aliphatic carboxylic acids is 1. The molecule has 6 heteroatoms. The Balaban J connectivity index is 2.09. The lowest BCUT2D eigenvalue weighted by atomic mass is 10.0. The Bertz CT molecular complexity index is 533. The SMILES string of the molecule is O=C(O)[C@@H]1CCCCN1C(=O)Cc1ccc(F)c(F)c1. The number of carbonyl (C=O) groups excluding carboxylic acids is 1. The van der Waals surface area contributed by atoms with Crippen LogP contribution in [0.15, 0.2) is 18.2 Å². The van der Waals surface area contributed by atoms with Crippen molar-refractivity contribution in [2.75, 3.05) is 6.54 Å². The van der Waals surface area contributed by atoms with Gasteiger partial charge in [-0.15, -0.1) is 0 Å². The minimum atomic E-state index is -1.02. The van der Waals surface area contributed by atoms with Crippen molar-refractivity contribution in [3.05, 3.63) is 35.4 Å². The van der Waals surface area contributed by atoms with Crippen LogP contribution >= 0.6 is 0 Å². The van der Waals surface area contributed by atoms with E-state index in [2.05, 4.69) is 0 Å². The maximum Gasteiger partial charge on any atom is 0.326 e. The van der Waals surface area contributed by atoms with E-state index in [1.54, 1.807) is 0 Å². The highest BCUT2D eigenvalue weighted by molar-refractivity contribution is 5.85. The summed E-state index contributed by atoms with van der Waals surface area (Å²) in [6, 6.07) is 2.44. The Morgan fingerprint density at radius 1 is 1.25 bits per heavy atom. The fourth-order valence-corrected chi connectivity index (χ4v) is 2.41. The van der Waals surface area contributed by atoms with Gasteiger partial charge in [0.05, 0.1) is 6.42 Å². The molecule has 0 saturated carbocycles. The number of benzene rings is 1. The summed E-state index contributed by atoms with van der Waals surface area (Å²) in [5.41, 5.74) is 0.337. The summed E-state index contributed by atoms with van der Waals surface area (Å²) in [5.74, 6) is -3.38. The van der Waals surface area contributed by atoms with E-state index >= 15 is 0 Å². The summed E-state index contributed by atoms with van der Waals surface area (Å²) in [4.78, 5) is 24.6. The van der Waals surface area contributed by atoms with E-state index in [9.17, 15) is 18.4 Å². The molecule has 1 aliphatic rings. The Morgan fingerprint density at radius 3 is 2.65 bits per heavy atom. The molecule has 0 unspecified atom stereocenters. The van der Waals surface area contributed by atoms with E-state index in [-0.39, 0.29) is 12.3 Å². The fourth-order valence-electron chi connectivity index (χ4n) is 2.41. The molecule has 108 valence electrons. The first-order chi connectivity index (χ1) is 9.49. The number of carboxylic acids is 1. The number of hydrogen-bond acceptors (Lipinski definition) is 2. The first-order valence-corrected chi connectivity index (χ1v) is 6.45. The molecular formula is C14H15F2NO3. The largest absolute Gasteiger partial charge is 0.480 e. The summed E-state index contributed by atoms with van der Waals surface area (Å²) in [6.45, 7) is 0.388. The van der Waals surface area contributed by atoms with E-state index in [0.29, 0.717) is 18.5 Å². The van der Waals surface area contributed by atoms with Crippen LogP contribution in [0.2, 0.25) is 0 Å². The lowest BCUT2D eigenvalue weighted by molar-refractivity contribution is -0.151.